The third-order valence-electron chi connectivity index (χ3n) is 1.15. The average molecular weight is 143 g/mol. The van der Waals surface area contributed by atoms with Gasteiger partial charge in [0.2, 0.25) is 0 Å². The summed E-state index contributed by atoms with van der Waals surface area (Å²) in [4.78, 5) is 23.2. The van der Waals surface area contributed by atoms with Crippen LogP contribution in [0.25, 0.3) is 0 Å². The van der Waals surface area contributed by atoms with Crippen LogP contribution in [-0.2, 0) is 6.54 Å². The highest BCUT2D eigenvalue weighted by Crippen LogP contribution is 1.75. The molecule has 1 heterocycles. The van der Waals surface area contributed by atoms with Crippen LogP contribution in [0.2, 0.25) is 0 Å². The molecule has 0 aliphatic heterocycles. The Bertz CT molecular complexity index is 305. The highest BCUT2D eigenvalue weighted by molar-refractivity contribution is 4.60. The molecule has 2 N–H and O–H groups in total. The highest BCUT2D eigenvalue weighted by atomic mass is 16.2. The maximum Gasteiger partial charge on any atom is 0.344 e. The molecule has 1 aromatic rings. The number of hydrogen-bond acceptors (Lipinski definition) is 2. The molecular weight excluding hydrogens is 134 g/mol. The van der Waals surface area contributed by atoms with Crippen LogP contribution in [0.5, 0.6) is 0 Å². The molecule has 0 radical (unpaired) electrons. The first kappa shape index (κ1) is 6.85. The van der Waals surface area contributed by atoms with Crippen molar-refractivity contribution in [2.75, 3.05) is 0 Å². The lowest BCUT2D eigenvalue weighted by Crippen LogP contribution is -2.17. The Morgan fingerprint density at radius 1 is 1.50 bits per heavy atom. The number of aromatic nitrogens is 3. The molecule has 0 spiro atoms. The second-order valence-corrected chi connectivity index (χ2v) is 2.02. The van der Waals surface area contributed by atoms with Crippen LogP contribution in [0.4, 0.5) is 0 Å². The monoisotopic (exact) mass is 143 g/mol. The first-order valence-electron chi connectivity index (χ1n) is 3.13. The fraction of sp³-hybridized carbons (Fsp3) is 0.600. The third kappa shape index (κ3) is 1.18. The minimum atomic E-state index is -0.446. The molecule has 5 nitrogen and oxygen atoms in total. The first-order chi connectivity index (χ1) is 4.74. The SMILES string of the molecule is CCCn1[nH]c(=O)[nH]c1=O. The van der Waals surface area contributed by atoms with Crippen LogP contribution in [0, 0.1) is 0 Å². The lowest BCUT2D eigenvalue weighted by molar-refractivity contribution is 0.578. The zero-order valence-electron chi connectivity index (χ0n) is 5.68. The third-order valence-corrected chi connectivity index (χ3v) is 1.15. The van der Waals surface area contributed by atoms with Gasteiger partial charge in [-0.2, -0.15) is 0 Å². The predicted molar refractivity (Wildman–Crippen MR) is 36.0 cm³/mol. The standard InChI is InChI=1S/C5H9N3O2/c1-2-3-8-5(10)6-4(9)7-8/h2-3H2,1H3,(H2,6,7,9,10). The Morgan fingerprint density at radius 2 is 2.20 bits per heavy atom. The molecule has 0 atom stereocenters. The molecule has 1 rings (SSSR count). The summed E-state index contributed by atoms with van der Waals surface area (Å²) >= 11 is 0. The van der Waals surface area contributed by atoms with Crippen molar-refractivity contribution in [3.05, 3.63) is 21.0 Å². The van der Waals surface area contributed by atoms with Gasteiger partial charge >= 0.3 is 11.4 Å². The average Bonchev–Trinajstić information content (AvgIpc) is 2.13. The van der Waals surface area contributed by atoms with Crippen molar-refractivity contribution in [3.8, 4) is 0 Å². The lowest BCUT2D eigenvalue weighted by Gasteiger charge is -1.92. The number of aryl methyl sites for hydroxylation is 1. The molecule has 0 aromatic carbocycles. The molecule has 0 saturated heterocycles. The zero-order chi connectivity index (χ0) is 7.56. The largest absolute Gasteiger partial charge is 0.344 e. The van der Waals surface area contributed by atoms with Crippen molar-refractivity contribution in [2.45, 2.75) is 19.9 Å². The molecule has 1 aromatic heterocycles. The molecule has 0 bridgehead atoms. The van der Waals surface area contributed by atoms with Crippen molar-refractivity contribution in [2.24, 2.45) is 0 Å². The number of rotatable bonds is 2. The summed E-state index contributed by atoms with van der Waals surface area (Å²) in [6, 6.07) is 0. The zero-order valence-corrected chi connectivity index (χ0v) is 5.68. The predicted octanol–water partition coefficient (Wildman–Crippen LogP) is -0.725. The van der Waals surface area contributed by atoms with E-state index in [-0.39, 0.29) is 5.69 Å². The van der Waals surface area contributed by atoms with Gasteiger partial charge in [-0.25, -0.2) is 19.4 Å². The van der Waals surface area contributed by atoms with Gasteiger partial charge < -0.3 is 0 Å². The molecule has 0 unspecified atom stereocenters. The summed E-state index contributed by atoms with van der Waals surface area (Å²) in [6.07, 6.45) is 0.827. The Morgan fingerprint density at radius 3 is 2.60 bits per heavy atom. The van der Waals surface area contributed by atoms with Gasteiger partial charge in [-0.1, -0.05) is 6.92 Å². The smallest absolute Gasteiger partial charge is 0.257 e. The van der Waals surface area contributed by atoms with Gasteiger partial charge in [0.1, 0.15) is 0 Å². The molecule has 10 heavy (non-hydrogen) atoms. The molecule has 56 valence electrons. The summed E-state index contributed by atoms with van der Waals surface area (Å²) in [5.74, 6) is 0. The van der Waals surface area contributed by atoms with Crippen molar-refractivity contribution in [1.29, 1.82) is 0 Å². The summed E-state index contributed by atoms with van der Waals surface area (Å²) < 4.78 is 1.25. The van der Waals surface area contributed by atoms with Gasteiger partial charge in [-0.3, -0.25) is 4.98 Å². The Hall–Kier alpha value is -1.26. The normalized spacial score (nSPS) is 10.1. The van der Waals surface area contributed by atoms with E-state index in [0.717, 1.165) is 6.42 Å². The van der Waals surface area contributed by atoms with Gasteiger partial charge in [-0.15, -0.1) is 0 Å². The minimum absolute atomic E-state index is 0.369. The molecule has 0 aliphatic carbocycles. The molecule has 5 heteroatoms. The Kier molecular flexibility index (Phi) is 1.75. The van der Waals surface area contributed by atoms with Gasteiger partial charge in [0.05, 0.1) is 0 Å². The Balaban J connectivity index is 3.04. The van der Waals surface area contributed by atoms with Crippen LogP contribution in [0.1, 0.15) is 13.3 Å². The fourth-order valence-electron chi connectivity index (χ4n) is 0.747. The van der Waals surface area contributed by atoms with E-state index in [1.54, 1.807) is 0 Å². The van der Waals surface area contributed by atoms with Crippen LogP contribution in [-0.4, -0.2) is 14.8 Å². The van der Waals surface area contributed by atoms with Crippen LogP contribution >= 0.6 is 0 Å². The summed E-state index contributed by atoms with van der Waals surface area (Å²) in [7, 11) is 0. The molecule has 0 amide bonds. The highest BCUT2D eigenvalue weighted by Gasteiger charge is 1.95. The van der Waals surface area contributed by atoms with Crippen LogP contribution < -0.4 is 11.4 Å². The van der Waals surface area contributed by atoms with Gasteiger partial charge in [0.15, 0.2) is 0 Å². The molecular formula is C5H9N3O2. The van der Waals surface area contributed by atoms with E-state index in [0.29, 0.717) is 6.54 Å². The summed E-state index contributed by atoms with van der Waals surface area (Å²) in [5, 5.41) is 2.34. The second-order valence-electron chi connectivity index (χ2n) is 2.02. The van der Waals surface area contributed by atoms with E-state index in [4.69, 9.17) is 0 Å². The van der Waals surface area contributed by atoms with Crippen molar-refractivity contribution < 1.29 is 0 Å². The topological polar surface area (TPSA) is 70.7 Å². The van der Waals surface area contributed by atoms with Crippen LogP contribution in [0.3, 0.4) is 0 Å². The van der Waals surface area contributed by atoms with E-state index < -0.39 is 5.69 Å². The number of aromatic amines is 2. The number of H-pyrrole nitrogens is 2. The van der Waals surface area contributed by atoms with Gasteiger partial charge in [0, 0.05) is 6.54 Å². The van der Waals surface area contributed by atoms with Gasteiger partial charge in [0.25, 0.3) is 0 Å². The second kappa shape index (κ2) is 2.55. The van der Waals surface area contributed by atoms with Crippen molar-refractivity contribution in [1.82, 2.24) is 14.8 Å². The number of nitrogens with one attached hydrogen (secondary N) is 2. The summed E-state index contributed by atoms with van der Waals surface area (Å²) in [6.45, 7) is 2.48. The van der Waals surface area contributed by atoms with E-state index in [9.17, 15) is 9.59 Å². The van der Waals surface area contributed by atoms with Gasteiger partial charge in [-0.05, 0) is 6.42 Å². The molecule has 0 aliphatic rings. The molecule has 0 saturated carbocycles. The maximum absolute atomic E-state index is 10.7. The maximum atomic E-state index is 10.7. The van der Waals surface area contributed by atoms with Crippen molar-refractivity contribution >= 4 is 0 Å². The fourth-order valence-corrected chi connectivity index (χ4v) is 0.747. The first-order valence-corrected chi connectivity index (χ1v) is 3.13. The van der Waals surface area contributed by atoms with E-state index in [1.807, 2.05) is 6.92 Å². The van der Waals surface area contributed by atoms with Crippen LogP contribution in [0.15, 0.2) is 9.59 Å². The molecule has 0 fully saturated rings. The minimum Gasteiger partial charge on any atom is -0.257 e. The van der Waals surface area contributed by atoms with E-state index in [2.05, 4.69) is 10.1 Å². The number of nitrogens with zero attached hydrogens (tertiary/aromatic N) is 1. The summed E-state index contributed by atoms with van der Waals surface area (Å²) in [5.41, 5.74) is -0.815. The lowest BCUT2D eigenvalue weighted by atomic mass is 10.5. The Labute approximate surface area is 56.7 Å². The van der Waals surface area contributed by atoms with E-state index in [1.165, 1.54) is 4.68 Å². The quantitative estimate of drug-likeness (QED) is 0.573. The van der Waals surface area contributed by atoms with Crippen molar-refractivity contribution in [3.63, 3.8) is 0 Å². The number of hydrogen-bond donors (Lipinski definition) is 2. The van der Waals surface area contributed by atoms with E-state index >= 15 is 0 Å².